The summed E-state index contributed by atoms with van der Waals surface area (Å²) in [6.07, 6.45) is -3.36. The summed E-state index contributed by atoms with van der Waals surface area (Å²) >= 11 is 5.87. The fraction of sp³-hybridized carbons (Fsp3) is 0.455. The van der Waals surface area contributed by atoms with Crippen LogP contribution >= 0.6 is 19.3 Å². The van der Waals surface area contributed by atoms with Gasteiger partial charge < -0.3 is 29.9 Å². The summed E-state index contributed by atoms with van der Waals surface area (Å²) in [7, 11) is -4.39. The highest BCUT2D eigenvalue weighted by Gasteiger charge is 2.56. The second-order valence-electron chi connectivity index (χ2n) is 8.79. The predicted octanol–water partition coefficient (Wildman–Crippen LogP) is 2.71. The number of carbonyl (C=O) groups is 1. The topological polar surface area (TPSA) is 193 Å². The van der Waals surface area contributed by atoms with E-state index in [1.54, 1.807) is 6.92 Å². The summed E-state index contributed by atoms with van der Waals surface area (Å²) in [5.74, 6) is -1.32. The summed E-state index contributed by atoms with van der Waals surface area (Å²) in [5.41, 5.74) is 3.68. The maximum absolute atomic E-state index is 15.9. The lowest BCUT2D eigenvalue weighted by molar-refractivity contribution is -0.138. The second-order valence-corrected chi connectivity index (χ2v) is 10.9. The van der Waals surface area contributed by atoms with Crippen LogP contribution in [0, 0.1) is 0 Å². The molecule has 14 nitrogen and oxygen atoms in total. The number of imidazole rings is 1. The van der Waals surface area contributed by atoms with Crippen LogP contribution in [-0.2, 0) is 18.6 Å². The highest BCUT2D eigenvalue weighted by atomic mass is 35.5. The van der Waals surface area contributed by atoms with Gasteiger partial charge in [0.1, 0.15) is 24.0 Å². The predicted molar refractivity (Wildman–Crippen MR) is 136 cm³/mol. The van der Waals surface area contributed by atoms with Crippen molar-refractivity contribution in [2.45, 2.75) is 50.9 Å². The van der Waals surface area contributed by atoms with Crippen molar-refractivity contribution in [1.29, 1.82) is 0 Å². The number of alkyl halides is 1. The number of ether oxygens (including phenoxy) is 2. The Morgan fingerprint density at radius 3 is 2.72 bits per heavy atom. The number of aliphatic carboxylic acids is 1. The van der Waals surface area contributed by atoms with E-state index in [0.29, 0.717) is 5.02 Å². The van der Waals surface area contributed by atoms with E-state index in [1.165, 1.54) is 42.1 Å². The van der Waals surface area contributed by atoms with Crippen LogP contribution in [0.5, 0.6) is 11.6 Å². The first-order valence-electron chi connectivity index (χ1n) is 11.7. The molecule has 1 aromatic carbocycles. The van der Waals surface area contributed by atoms with E-state index in [9.17, 15) is 19.6 Å². The number of fused-ring (bicyclic) bond motifs is 1. The molecule has 0 aliphatic carbocycles. The number of anilines is 1. The third-order valence-corrected chi connectivity index (χ3v) is 7.72. The fourth-order valence-corrected chi connectivity index (χ4v) is 5.49. The number of aliphatic hydroxyl groups excluding tert-OH is 1. The van der Waals surface area contributed by atoms with Gasteiger partial charge in [0, 0.05) is 5.02 Å². The molecule has 0 bridgehead atoms. The first kappa shape index (κ1) is 28.9. The lowest BCUT2D eigenvalue weighted by atomic mass is 9.98. The molecule has 3 aromatic rings. The molecule has 212 valence electrons. The number of hydrogen-bond acceptors (Lipinski definition) is 11. The molecule has 2 aromatic heterocycles. The molecule has 3 heterocycles. The monoisotopic (exact) mass is 588 g/mol. The van der Waals surface area contributed by atoms with Gasteiger partial charge in [0.2, 0.25) is 11.8 Å². The maximum atomic E-state index is 15.9. The van der Waals surface area contributed by atoms with E-state index in [-0.39, 0.29) is 35.3 Å². The average Bonchev–Trinajstić information content (AvgIpc) is 3.37. The average molecular weight is 589 g/mol. The zero-order valence-corrected chi connectivity index (χ0v) is 22.7. The molecular formula is C22H27ClFN6O8P. The number of nitrogens with two attached hydrogens (primary N) is 1. The van der Waals surface area contributed by atoms with Crippen LogP contribution in [-0.4, -0.2) is 72.8 Å². The van der Waals surface area contributed by atoms with Crippen molar-refractivity contribution in [3.63, 3.8) is 0 Å². The first-order chi connectivity index (χ1) is 18.3. The molecule has 4 rings (SSSR count). The van der Waals surface area contributed by atoms with Gasteiger partial charge in [-0.05, 0) is 45.0 Å². The van der Waals surface area contributed by atoms with Crippen LogP contribution in [0.15, 0.2) is 30.6 Å². The number of benzene rings is 1. The number of rotatable bonds is 11. The first-order valence-corrected chi connectivity index (χ1v) is 13.6. The van der Waals surface area contributed by atoms with Gasteiger partial charge >= 0.3 is 13.7 Å². The van der Waals surface area contributed by atoms with Crippen molar-refractivity contribution >= 4 is 42.4 Å². The quantitative estimate of drug-likeness (QED) is 0.239. The molecule has 17 heteroatoms. The number of carboxylic acids is 1. The molecular weight excluding hydrogens is 562 g/mol. The molecule has 5 N–H and O–H groups in total. The van der Waals surface area contributed by atoms with Crippen LogP contribution in [0.1, 0.15) is 27.0 Å². The van der Waals surface area contributed by atoms with Crippen LogP contribution in [0.25, 0.3) is 11.2 Å². The van der Waals surface area contributed by atoms with Crippen molar-refractivity contribution in [3.8, 4) is 11.6 Å². The van der Waals surface area contributed by atoms with E-state index in [0.717, 1.165) is 6.92 Å². The lowest BCUT2D eigenvalue weighted by Crippen LogP contribution is -2.41. The van der Waals surface area contributed by atoms with Gasteiger partial charge in [-0.2, -0.15) is 15.1 Å². The molecule has 1 aliphatic rings. The Kier molecular flexibility index (Phi) is 8.30. The Balaban J connectivity index is 1.58. The van der Waals surface area contributed by atoms with Gasteiger partial charge in [0.05, 0.1) is 19.5 Å². The highest BCUT2D eigenvalue weighted by molar-refractivity contribution is 7.52. The summed E-state index contributed by atoms with van der Waals surface area (Å²) in [4.78, 5) is 23.7. The fourth-order valence-electron chi connectivity index (χ4n) is 3.85. The van der Waals surface area contributed by atoms with E-state index < -0.39 is 50.5 Å². The van der Waals surface area contributed by atoms with Gasteiger partial charge in [-0.25, -0.2) is 13.9 Å². The molecule has 39 heavy (non-hydrogen) atoms. The minimum atomic E-state index is -4.39. The van der Waals surface area contributed by atoms with Gasteiger partial charge in [-0.3, -0.25) is 13.9 Å². The number of carboxylic acid groups (broad SMARTS) is 1. The normalized spacial score (nSPS) is 25.3. The summed E-state index contributed by atoms with van der Waals surface area (Å²) in [6, 6.07) is 4.38. The summed E-state index contributed by atoms with van der Waals surface area (Å²) < 4.78 is 52.7. The molecule has 1 saturated heterocycles. The van der Waals surface area contributed by atoms with Gasteiger partial charge in [-0.1, -0.05) is 11.6 Å². The van der Waals surface area contributed by atoms with Crippen LogP contribution in [0.3, 0.4) is 0 Å². The molecule has 1 aliphatic heterocycles. The van der Waals surface area contributed by atoms with E-state index in [4.69, 9.17) is 35.9 Å². The Morgan fingerprint density at radius 2 is 2.08 bits per heavy atom. The molecule has 0 radical (unpaired) electrons. The second kappa shape index (κ2) is 11.2. The Labute approximate surface area is 226 Å². The number of nitrogens with one attached hydrogen (secondary N) is 1. The Morgan fingerprint density at radius 1 is 1.38 bits per heavy atom. The van der Waals surface area contributed by atoms with E-state index >= 15 is 4.39 Å². The van der Waals surface area contributed by atoms with Crippen molar-refractivity contribution < 1.29 is 42.5 Å². The SMILES string of the molecule is CCOc1nc(N)nc2c1ncn2[C@@H]1O[C@H](COP(=O)(NC(C)C(=O)O)Oc2ccc(Cl)cc2)[C@@H](O)[C@@]1(C)F. The summed E-state index contributed by atoms with van der Waals surface area (Å²) in [6.45, 7) is 3.70. The summed E-state index contributed by atoms with van der Waals surface area (Å²) in [5, 5.41) is 22.7. The molecule has 0 amide bonds. The molecule has 6 atom stereocenters. The molecule has 2 unspecified atom stereocenters. The smallest absolute Gasteiger partial charge is 0.459 e. The lowest BCUT2D eigenvalue weighted by Gasteiger charge is -2.25. The number of nitrogens with zero attached hydrogens (tertiary/aromatic N) is 4. The van der Waals surface area contributed by atoms with Gasteiger partial charge in [-0.15, -0.1) is 0 Å². The van der Waals surface area contributed by atoms with Crippen LogP contribution in [0.2, 0.25) is 5.02 Å². The van der Waals surface area contributed by atoms with Gasteiger partial charge in [0.25, 0.3) is 0 Å². The number of nitrogen functional groups attached to an aromatic ring is 1. The third kappa shape index (κ3) is 6.08. The minimum Gasteiger partial charge on any atom is -0.480 e. The zero-order chi connectivity index (χ0) is 28.5. The van der Waals surface area contributed by atoms with E-state index in [2.05, 4.69) is 20.0 Å². The zero-order valence-electron chi connectivity index (χ0n) is 21.0. The Hall–Kier alpha value is -3.07. The number of hydrogen-bond donors (Lipinski definition) is 4. The number of aliphatic hydroxyl groups is 1. The largest absolute Gasteiger partial charge is 0.480 e. The number of aromatic nitrogens is 4. The molecule has 1 fully saturated rings. The Bertz CT molecular complexity index is 1390. The highest BCUT2D eigenvalue weighted by Crippen LogP contribution is 2.48. The van der Waals surface area contributed by atoms with Crippen molar-refractivity contribution in [2.75, 3.05) is 18.9 Å². The number of halogens is 2. The van der Waals surface area contributed by atoms with Crippen molar-refractivity contribution in [1.82, 2.24) is 24.6 Å². The molecule has 0 spiro atoms. The van der Waals surface area contributed by atoms with Crippen molar-refractivity contribution in [3.05, 3.63) is 35.6 Å². The standard InChI is InChI=1S/C22H27ClFN6O8P/c1-4-35-18-15-17(27-21(25)28-18)30(10-26-15)20-22(3,24)16(31)14(37-20)9-36-39(34,29-11(2)19(32)33)38-13-7-5-12(23)6-8-13/h5-8,10-11,14,16,20,31H,4,9H2,1-3H3,(H,29,34)(H,32,33)(H2,25,27,28)/t11?,14-,16-,20-,22-,39?/m1/s1. The van der Waals surface area contributed by atoms with Crippen molar-refractivity contribution in [2.24, 2.45) is 0 Å². The van der Waals surface area contributed by atoms with E-state index in [1.807, 2.05) is 0 Å². The van der Waals surface area contributed by atoms with Crippen LogP contribution in [0.4, 0.5) is 10.3 Å². The van der Waals surface area contributed by atoms with Crippen LogP contribution < -0.4 is 20.1 Å². The maximum Gasteiger partial charge on any atom is 0.459 e. The minimum absolute atomic E-state index is 0.0566. The van der Waals surface area contributed by atoms with Gasteiger partial charge in [0.15, 0.2) is 23.1 Å². The molecule has 0 saturated carbocycles. The third-order valence-electron chi connectivity index (χ3n) is 5.83.